The van der Waals surface area contributed by atoms with E-state index in [1.165, 1.54) is 13.8 Å². The molecular formula is C22H34O11S2. The van der Waals surface area contributed by atoms with Gasteiger partial charge in [0.25, 0.3) is 0 Å². The van der Waals surface area contributed by atoms with Crippen molar-refractivity contribution in [3.63, 3.8) is 0 Å². The SMILES string of the molecule is CC(C)(C)C(=O)OCOC(=O)SC[C@H](CC(=O)C(C)(C)SC(=O)OCOC(=O)C(C)(C)C)C(=O)O. The highest BCUT2D eigenvalue weighted by Crippen LogP contribution is 2.30. The minimum atomic E-state index is -1.34. The normalized spacial score (nSPS) is 12.8. The van der Waals surface area contributed by atoms with Crippen LogP contribution in [-0.4, -0.2) is 63.5 Å². The van der Waals surface area contributed by atoms with Crippen LogP contribution in [-0.2, 0) is 38.1 Å². The van der Waals surface area contributed by atoms with Gasteiger partial charge in [-0.3, -0.25) is 19.2 Å². The smallest absolute Gasteiger partial charge is 0.371 e. The summed E-state index contributed by atoms with van der Waals surface area (Å²) in [5.74, 6) is -4.53. The van der Waals surface area contributed by atoms with Gasteiger partial charge in [0.1, 0.15) is 5.78 Å². The first-order valence-electron chi connectivity index (χ1n) is 10.5. The molecule has 0 heterocycles. The van der Waals surface area contributed by atoms with Gasteiger partial charge in [0.2, 0.25) is 13.6 Å². The molecule has 1 atom stereocenters. The maximum atomic E-state index is 12.7. The first kappa shape index (κ1) is 32.7. The molecule has 0 rings (SSSR count). The molecule has 0 aromatic rings. The van der Waals surface area contributed by atoms with Gasteiger partial charge in [-0.1, -0.05) is 0 Å². The summed E-state index contributed by atoms with van der Waals surface area (Å²) < 4.78 is 17.8. The molecular weight excluding hydrogens is 504 g/mol. The lowest BCUT2D eigenvalue weighted by Crippen LogP contribution is -2.34. The second kappa shape index (κ2) is 13.7. The molecule has 0 aliphatic carbocycles. The molecule has 0 amide bonds. The van der Waals surface area contributed by atoms with E-state index >= 15 is 0 Å². The molecule has 200 valence electrons. The van der Waals surface area contributed by atoms with Crippen molar-refractivity contribution in [1.82, 2.24) is 0 Å². The van der Waals surface area contributed by atoms with Gasteiger partial charge in [0.15, 0.2) is 0 Å². The number of rotatable bonds is 11. The first-order chi connectivity index (χ1) is 15.8. The Labute approximate surface area is 213 Å². The highest BCUT2D eigenvalue weighted by molar-refractivity contribution is 8.15. The van der Waals surface area contributed by atoms with E-state index in [1.807, 2.05) is 0 Å². The molecule has 0 aromatic heterocycles. The number of hydrogen-bond donors (Lipinski definition) is 1. The molecule has 0 aliphatic rings. The zero-order chi connectivity index (χ0) is 27.6. The maximum Gasteiger partial charge on any atom is 0.371 e. The van der Waals surface area contributed by atoms with E-state index in [0.717, 1.165) is 0 Å². The molecule has 0 spiro atoms. The molecule has 1 N–H and O–H groups in total. The van der Waals surface area contributed by atoms with Crippen LogP contribution in [0.2, 0.25) is 0 Å². The fourth-order valence-electron chi connectivity index (χ4n) is 1.89. The summed E-state index contributed by atoms with van der Waals surface area (Å²) in [5.41, 5.74) is -1.55. The Morgan fingerprint density at radius 2 is 1.14 bits per heavy atom. The van der Waals surface area contributed by atoms with E-state index < -0.39 is 75.8 Å². The summed E-state index contributed by atoms with van der Waals surface area (Å²) in [6, 6.07) is 0. The number of carboxylic acid groups (broad SMARTS) is 1. The number of ether oxygens (including phenoxy) is 4. The van der Waals surface area contributed by atoms with Crippen molar-refractivity contribution in [1.29, 1.82) is 0 Å². The molecule has 0 radical (unpaired) electrons. The van der Waals surface area contributed by atoms with Crippen LogP contribution in [0.4, 0.5) is 9.59 Å². The van der Waals surface area contributed by atoms with Crippen molar-refractivity contribution in [2.75, 3.05) is 19.3 Å². The molecule has 0 aliphatic heterocycles. The van der Waals surface area contributed by atoms with Crippen LogP contribution in [0.15, 0.2) is 0 Å². The zero-order valence-electron chi connectivity index (χ0n) is 21.3. The minimum absolute atomic E-state index is 0.277. The molecule has 0 fully saturated rings. The van der Waals surface area contributed by atoms with E-state index in [0.29, 0.717) is 23.5 Å². The quantitative estimate of drug-likeness (QED) is 0.294. The number of carbonyl (C=O) groups excluding carboxylic acids is 5. The van der Waals surface area contributed by atoms with Gasteiger partial charge in [-0.2, -0.15) is 0 Å². The fourth-order valence-corrected chi connectivity index (χ4v) is 3.34. The molecule has 0 unspecified atom stereocenters. The predicted molar refractivity (Wildman–Crippen MR) is 129 cm³/mol. The third-order valence-electron chi connectivity index (χ3n) is 4.15. The monoisotopic (exact) mass is 538 g/mol. The second-order valence-electron chi connectivity index (χ2n) is 9.97. The molecule has 0 bridgehead atoms. The van der Waals surface area contributed by atoms with Gasteiger partial charge >= 0.3 is 28.5 Å². The summed E-state index contributed by atoms with van der Waals surface area (Å²) in [6.07, 6.45) is -0.457. The summed E-state index contributed by atoms with van der Waals surface area (Å²) in [5, 5.41) is 7.68. The number of ketones is 1. The zero-order valence-corrected chi connectivity index (χ0v) is 22.9. The molecule has 13 heteroatoms. The number of thioether (sulfide) groups is 2. The van der Waals surface area contributed by atoms with Gasteiger partial charge in [0.05, 0.1) is 21.5 Å². The number of aliphatic carboxylic acids is 1. The van der Waals surface area contributed by atoms with Gasteiger partial charge in [-0.05, 0) is 78.9 Å². The summed E-state index contributed by atoms with van der Waals surface area (Å²) in [6.45, 7) is 11.4. The van der Waals surface area contributed by atoms with E-state index in [-0.39, 0.29) is 5.75 Å². The third kappa shape index (κ3) is 13.4. The molecule has 0 saturated heterocycles. The lowest BCUT2D eigenvalue weighted by Gasteiger charge is -2.23. The Hall–Kier alpha value is -2.28. The number of esters is 2. The lowest BCUT2D eigenvalue weighted by molar-refractivity contribution is -0.161. The van der Waals surface area contributed by atoms with Crippen molar-refractivity contribution in [3.05, 3.63) is 0 Å². The maximum absolute atomic E-state index is 12.7. The van der Waals surface area contributed by atoms with Gasteiger partial charge in [-0.15, -0.1) is 0 Å². The molecule has 0 saturated carbocycles. The lowest BCUT2D eigenvalue weighted by atomic mass is 9.97. The number of carboxylic acids is 1. The van der Waals surface area contributed by atoms with Crippen LogP contribution < -0.4 is 0 Å². The summed E-state index contributed by atoms with van der Waals surface area (Å²) in [4.78, 5) is 71.3. The Kier molecular flexibility index (Phi) is 12.8. The highest BCUT2D eigenvalue weighted by atomic mass is 32.2. The third-order valence-corrected chi connectivity index (χ3v) is 6.10. The van der Waals surface area contributed by atoms with Gasteiger partial charge in [0, 0.05) is 12.2 Å². The van der Waals surface area contributed by atoms with Crippen LogP contribution in [0.1, 0.15) is 61.8 Å². The van der Waals surface area contributed by atoms with Crippen LogP contribution in [0.5, 0.6) is 0 Å². The average molecular weight is 539 g/mol. The summed E-state index contributed by atoms with van der Waals surface area (Å²) in [7, 11) is 0. The van der Waals surface area contributed by atoms with Crippen molar-refractivity contribution in [2.45, 2.75) is 66.6 Å². The van der Waals surface area contributed by atoms with Crippen LogP contribution in [0, 0.1) is 16.7 Å². The predicted octanol–water partition coefficient (Wildman–Crippen LogP) is 4.26. The number of hydrogen-bond acceptors (Lipinski definition) is 12. The Bertz CT molecular complexity index is 807. The fraction of sp³-hybridized carbons (Fsp3) is 0.727. The standard InChI is InChI=1S/C22H34O11S2/c1-20(2,3)16(26)30-11-32-18(28)34-10-13(15(24)25)9-14(23)22(7,8)35-19(29)33-12-31-17(27)21(4,5)6/h13H,9-12H2,1-8H3,(H,24,25)/t13-/m0/s1. The summed E-state index contributed by atoms with van der Waals surface area (Å²) >= 11 is 1.04. The Morgan fingerprint density at radius 1 is 0.714 bits per heavy atom. The van der Waals surface area contributed by atoms with Crippen LogP contribution in [0.3, 0.4) is 0 Å². The van der Waals surface area contributed by atoms with E-state index in [4.69, 9.17) is 18.9 Å². The van der Waals surface area contributed by atoms with Crippen molar-refractivity contribution >= 4 is 57.8 Å². The van der Waals surface area contributed by atoms with Crippen LogP contribution >= 0.6 is 23.5 Å². The average Bonchev–Trinajstić information content (AvgIpc) is 2.68. The second-order valence-corrected chi connectivity index (χ2v) is 12.5. The van der Waals surface area contributed by atoms with Crippen molar-refractivity contribution in [2.24, 2.45) is 16.7 Å². The highest BCUT2D eigenvalue weighted by Gasteiger charge is 2.36. The van der Waals surface area contributed by atoms with E-state index in [9.17, 15) is 33.9 Å². The van der Waals surface area contributed by atoms with Crippen molar-refractivity contribution < 1.29 is 52.8 Å². The Balaban J connectivity index is 4.67. The van der Waals surface area contributed by atoms with Gasteiger partial charge < -0.3 is 24.1 Å². The molecule has 11 nitrogen and oxygen atoms in total. The van der Waals surface area contributed by atoms with Crippen molar-refractivity contribution in [3.8, 4) is 0 Å². The first-order valence-corrected chi connectivity index (χ1v) is 12.3. The topological polar surface area (TPSA) is 160 Å². The number of carbonyl (C=O) groups is 6. The largest absolute Gasteiger partial charge is 0.481 e. The minimum Gasteiger partial charge on any atom is -0.481 e. The van der Waals surface area contributed by atoms with Crippen LogP contribution in [0.25, 0.3) is 0 Å². The van der Waals surface area contributed by atoms with E-state index in [2.05, 4.69) is 0 Å². The van der Waals surface area contributed by atoms with E-state index in [1.54, 1.807) is 41.5 Å². The molecule has 0 aromatic carbocycles. The Morgan fingerprint density at radius 3 is 1.54 bits per heavy atom. The molecule has 35 heavy (non-hydrogen) atoms. The number of Topliss-reactive ketones (excluding diaryl/α,β-unsaturated/α-hetero) is 1. The van der Waals surface area contributed by atoms with Gasteiger partial charge in [-0.25, -0.2) is 9.59 Å².